The fourth-order valence-corrected chi connectivity index (χ4v) is 1.35. The molecule has 2 nitrogen and oxygen atoms in total. The molecular weight excluding hydrogens is 229 g/mol. The SMILES string of the molecule is Nc1cc(Br)cc(C(=O)Cl)c1. The second-order valence-corrected chi connectivity index (χ2v) is 3.31. The minimum atomic E-state index is -0.502. The minimum Gasteiger partial charge on any atom is -0.399 e. The van der Waals surface area contributed by atoms with Crippen molar-refractivity contribution in [1.29, 1.82) is 0 Å². The topological polar surface area (TPSA) is 43.1 Å². The molecule has 1 aromatic carbocycles. The summed E-state index contributed by atoms with van der Waals surface area (Å²) in [5.74, 6) is 0. The average molecular weight is 234 g/mol. The lowest BCUT2D eigenvalue weighted by Crippen LogP contribution is -1.92. The number of nitrogens with two attached hydrogens (primary N) is 1. The lowest BCUT2D eigenvalue weighted by Gasteiger charge is -1.97. The molecule has 0 bridgehead atoms. The van der Waals surface area contributed by atoms with Gasteiger partial charge in [0.05, 0.1) is 0 Å². The largest absolute Gasteiger partial charge is 0.399 e. The van der Waals surface area contributed by atoms with Crippen LogP contribution in [0.25, 0.3) is 0 Å². The van der Waals surface area contributed by atoms with Crippen LogP contribution < -0.4 is 5.73 Å². The smallest absolute Gasteiger partial charge is 0.252 e. The van der Waals surface area contributed by atoms with Crippen molar-refractivity contribution in [1.82, 2.24) is 0 Å². The number of carbonyl (C=O) groups excluding carboxylic acids is 1. The van der Waals surface area contributed by atoms with Gasteiger partial charge in [0.1, 0.15) is 0 Å². The molecule has 0 aliphatic carbocycles. The molecule has 2 N–H and O–H groups in total. The van der Waals surface area contributed by atoms with Crippen molar-refractivity contribution in [3.8, 4) is 0 Å². The molecule has 11 heavy (non-hydrogen) atoms. The molecule has 0 saturated heterocycles. The van der Waals surface area contributed by atoms with Crippen LogP contribution in [-0.4, -0.2) is 5.24 Å². The highest BCUT2D eigenvalue weighted by Crippen LogP contribution is 2.18. The first kappa shape index (κ1) is 8.56. The zero-order chi connectivity index (χ0) is 8.43. The summed E-state index contributed by atoms with van der Waals surface area (Å²) in [7, 11) is 0. The number of hydrogen-bond acceptors (Lipinski definition) is 2. The van der Waals surface area contributed by atoms with Crippen LogP contribution in [0, 0.1) is 0 Å². The fourth-order valence-electron chi connectivity index (χ4n) is 0.726. The van der Waals surface area contributed by atoms with Crippen LogP contribution in [0.15, 0.2) is 22.7 Å². The van der Waals surface area contributed by atoms with E-state index in [1.807, 2.05) is 0 Å². The van der Waals surface area contributed by atoms with Crippen molar-refractivity contribution in [3.63, 3.8) is 0 Å². The van der Waals surface area contributed by atoms with Crippen LogP contribution >= 0.6 is 27.5 Å². The van der Waals surface area contributed by atoms with E-state index in [0.717, 1.165) is 4.47 Å². The molecule has 1 aromatic rings. The predicted molar refractivity (Wildman–Crippen MR) is 48.7 cm³/mol. The van der Waals surface area contributed by atoms with E-state index in [-0.39, 0.29) is 0 Å². The third-order valence-electron chi connectivity index (χ3n) is 1.15. The van der Waals surface area contributed by atoms with Crippen molar-refractivity contribution in [2.24, 2.45) is 0 Å². The van der Waals surface area contributed by atoms with Crippen molar-refractivity contribution in [2.45, 2.75) is 0 Å². The van der Waals surface area contributed by atoms with Gasteiger partial charge in [-0.15, -0.1) is 0 Å². The minimum absolute atomic E-state index is 0.401. The Bertz CT molecular complexity index is 280. The molecule has 1 rings (SSSR count). The van der Waals surface area contributed by atoms with Gasteiger partial charge < -0.3 is 5.73 Å². The Balaban J connectivity index is 3.19. The van der Waals surface area contributed by atoms with Crippen molar-refractivity contribution in [3.05, 3.63) is 28.2 Å². The van der Waals surface area contributed by atoms with Gasteiger partial charge in [0.2, 0.25) is 0 Å². The molecule has 58 valence electrons. The van der Waals surface area contributed by atoms with E-state index < -0.39 is 5.24 Å². The number of halogens is 2. The van der Waals surface area contributed by atoms with Gasteiger partial charge in [-0.3, -0.25) is 4.79 Å². The molecule has 4 heteroatoms. The van der Waals surface area contributed by atoms with Crippen LogP contribution in [0.5, 0.6) is 0 Å². The van der Waals surface area contributed by atoms with Gasteiger partial charge in [0.25, 0.3) is 5.24 Å². The summed E-state index contributed by atoms with van der Waals surface area (Å²) in [5, 5.41) is -0.502. The van der Waals surface area contributed by atoms with Gasteiger partial charge >= 0.3 is 0 Å². The van der Waals surface area contributed by atoms with Crippen LogP contribution in [-0.2, 0) is 0 Å². The van der Waals surface area contributed by atoms with Gasteiger partial charge in [-0.1, -0.05) is 15.9 Å². The molecule has 0 amide bonds. The second kappa shape index (κ2) is 3.24. The molecule has 0 aromatic heterocycles. The third kappa shape index (κ3) is 2.20. The van der Waals surface area contributed by atoms with Crippen LogP contribution in [0.2, 0.25) is 0 Å². The van der Waals surface area contributed by atoms with Crippen molar-refractivity contribution < 1.29 is 4.79 Å². The Labute approximate surface area is 77.5 Å². The van der Waals surface area contributed by atoms with Crippen LogP contribution in [0.1, 0.15) is 10.4 Å². The Morgan fingerprint density at radius 3 is 2.55 bits per heavy atom. The Morgan fingerprint density at radius 2 is 2.09 bits per heavy atom. The highest BCUT2D eigenvalue weighted by atomic mass is 79.9. The summed E-state index contributed by atoms with van der Waals surface area (Å²) < 4.78 is 0.751. The van der Waals surface area contributed by atoms with E-state index >= 15 is 0 Å². The lowest BCUT2D eigenvalue weighted by molar-refractivity contribution is 0.108. The summed E-state index contributed by atoms with van der Waals surface area (Å²) in [6, 6.07) is 4.84. The Hall–Kier alpha value is -0.540. The summed E-state index contributed by atoms with van der Waals surface area (Å²) in [6.45, 7) is 0. The molecule has 0 unspecified atom stereocenters. The summed E-state index contributed by atoms with van der Waals surface area (Å²) in [4.78, 5) is 10.6. The van der Waals surface area contributed by atoms with Gasteiger partial charge in [-0.05, 0) is 29.8 Å². The molecule has 0 aliphatic heterocycles. The highest BCUT2D eigenvalue weighted by molar-refractivity contribution is 9.10. The molecule has 0 heterocycles. The Morgan fingerprint density at radius 1 is 1.45 bits per heavy atom. The fraction of sp³-hybridized carbons (Fsp3) is 0. The maximum Gasteiger partial charge on any atom is 0.252 e. The lowest BCUT2D eigenvalue weighted by atomic mass is 10.2. The van der Waals surface area contributed by atoms with Crippen LogP contribution in [0.4, 0.5) is 5.69 Å². The Kier molecular flexibility index (Phi) is 2.52. The van der Waals surface area contributed by atoms with E-state index in [2.05, 4.69) is 15.9 Å². The molecule has 0 atom stereocenters. The van der Waals surface area contributed by atoms with Gasteiger partial charge in [0, 0.05) is 15.7 Å². The first-order valence-corrected chi connectivity index (χ1v) is 4.02. The molecule has 0 spiro atoms. The monoisotopic (exact) mass is 233 g/mol. The van der Waals surface area contributed by atoms with E-state index in [9.17, 15) is 4.79 Å². The first-order chi connectivity index (χ1) is 5.09. The number of benzene rings is 1. The van der Waals surface area contributed by atoms with Gasteiger partial charge in [0.15, 0.2) is 0 Å². The summed E-state index contributed by atoms with van der Waals surface area (Å²) in [6.07, 6.45) is 0. The standard InChI is InChI=1S/C7H5BrClNO/c8-5-1-4(7(9)11)2-6(10)3-5/h1-3H,10H2. The molecule has 0 saturated carbocycles. The summed E-state index contributed by atoms with van der Waals surface area (Å²) in [5.41, 5.74) is 6.37. The molecule has 0 fully saturated rings. The molecule has 0 aliphatic rings. The van der Waals surface area contributed by atoms with E-state index in [1.54, 1.807) is 12.1 Å². The highest BCUT2D eigenvalue weighted by Gasteiger charge is 2.02. The number of anilines is 1. The van der Waals surface area contributed by atoms with Crippen LogP contribution in [0.3, 0.4) is 0 Å². The number of hydrogen-bond donors (Lipinski definition) is 1. The maximum atomic E-state index is 10.6. The predicted octanol–water partition coefficient (Wildman–Crippen LogP) is 2.41. The number of nitrogen functional groups attached to an aromatic ring is 1. The van der Waals surface area contributed by atoms with Gasteiger partial charge in [-0.2, -0.15) is 0 Å². The molecule has 0 radical (unpaired) electrons. The zero-order valence-electron chi connectivity index (χ0n) is 5.47. The van der Waals surface area contributed by atoms with E-state index in [0.29, 0.717) is 11.3 Å². The van der Waals surface area contributed by atoms with E-state index in [1.165, 1.54) is 6.07 Å². The quantitative estimate of drug-likeness (QED) is 0.599. The average Bonchev–Trinajstić information content (AvgIpc) is 1.85. The third-order valence-corrected chi connectivity index (χ3v) is 1.82. The molecular formula is C7H5BrClNO. The number of carbonyl (C=O) groups is 1. The normalized spacial score (nSPS) is 9.64. The van der Waals surface area contributed by atoms with E-state index in [4.69, 9.17) is 17.3 Å². The second-order valence-electron chi connectivity index (χ2n) is 2.05. The van der Waals surface area contributed by atoms with Crippen molar-refractivity contribution in [2.75, 3.05) is 5.73 Å². The maximum absolute atomic E-state index is 10.6. The number of rotatable bonds is 1. The first-order valence-electron chi connectivity index (χ1n) is 2.85. The summed E-state index contributed by atoms with van der Waals surface area (Å²) >= 11 is 8.42. The van der Waals surface area contributed by atoms with Crippen molar-refractivity contribution >= 4 is 38.5 Å². The van der Waals surface area contributed by atoms with Gasteiger partial charge in [-0.25, -0.2) is 0 Å². The zero-order valence-corrected chi connectivity index (χ0v) is 7.82.